The zero-order valence-electron chi connectivity index (χ0n) is 11.0. The Balaban J connectivity index is 2.32. The summed E-state index contributed by atoms with van der Waals surface area (Å²) in [4.78, 5) is 0. The van der Waals surface area contributed by atoms with E-state index in [-0.39, 0.29) is 0 Å². The third-order valence-corrected chi connectivity index (χ3v) is 5.11. The molecular weight excluding hydrogens is 310 g/mol. The lowest BCUT2D eigenvalue weighted by Crippen LogP contribution is -2.30. The summed E-state index contributed by atoms with van der Waals surface area (Å²) in [7, 11) is 2.04. The van der Waals surface area contributed by atoms with Gasteiger partial charge in [-0.15, -0.1) is 0 Å². The molecule has 0 aliphatic heterocycles. The van der Waals surface area contributed by atoms with Crippen molar-refractivity contribution >= 4 is 27.5 Å². The van der Waals surface area contributed by atoms with Gasteiger partial charge in [0.25, 0.3) is 0 Å². The van der Waals surface area contributed by atoms with Crippen molar-refractivity contribution < 1.29 is 0 Å². The van der Waals surface area contributed by atoms with Crippen LogP contribution in [0.5, 0.6) is 0 Å². The quantitative estimate of drug-likeness (QED) is 0.836. The van der Waals surface area contributed by atoms with Crippen molar-refractivity contribution in [2.24, 2.45) is 11.8 Å². The lowest BCUT2D eigenvalue weighted by atomic mass is 9.71. The van der Waals surface area contributed by atoms with Crippen LogP contribution in [0.3, 0.4) is 0 Å². The summed E-state index contributed by atoms with van der Waals surface area (Å²) in [6.07, 6.45) is 3.88. The van der Waals surface area contributed by atoms with E-state index in [0.717, 1.165) is 22.0 Å². The second-order valence-corrected chi connectivity index (χ2v) is 6.74. The average molecular weight is 331 g/mol. The van der Waals surface area contributed by atoms with Gasteiger partial charge in [0.15, 0.2) is 0 Å². The Labute approximate surface area is 123 Å². The molecule has 0 aromatic heterocycles. The van der Waals surface area contributed by atoms with Gasteiger partial charge in [0.2, 0.25) is 0 Å². The van der Waals surface area contributed by atoms with Crippen molar-refractivity contribution in [1.29, 1.82) is 0 Å². The highest BCUT2D eigenvalue weighted by Crippen LogP contribution is 2.45. The summed E-state index contributed by atoms with van der Waals surface area (Å²) >= 11 is 10.1. The van der Waals surface area contributed by atoms with E-state index >= 15 is 0 Å². The number of nitrogens with one attached hydrogen (secondary N) is 1. The van der Waals surface area contributed by atoms with Crippen LogP contribution in [0.15, 0.2) is 22.7 Å². The predicted octanol–water partition coefficient (Wildman–Crippen LogP) is 4.84. The summed E-state index contributed by atoms with van der Waals surface area (Å²) in [5, 5.41) is 4.24. The highest BCUT2D eigenvalue weighted by Gasteiger charge is 2.31. The highest BCUT2D eigenvalue weighted by atomic mass is 79.9. The first-order chi connectivity index (χ1) is 8.63. The van der Waals surface area contributed by atoms with Crippen molar-refractivity contribution in [3.05, 3.63) is 33.3 Å². The maximum absolute atomic E-state index is 6.43. The van der Waals surface area contributed by atoms with E-state index in [1.54, 1.807) is 0 Å². The van der Waals surface area contributed by atoms with Gasteiger partial charge >= 0.3 is 0 Å². The molecular formula is C15H21BrClN. The number of benzene rings is 1. The molecule has 3 atom stereocenters. The molecule has 1 nitrogen and oxygen atoms in total. The molecule has 0 radical (unpaired) electrons. The zero-order valence-corrected chi connectivity index (χ0v) is 13.4. The third-order valence-electron chi connectivity index (χ3n) is 4.09. The molecule has 1 aromatic rings. The Bertz CT molecular complexity index is 387. The van der Waals surface area contributed by atoms with E-state index in [4.69, 9.17) is 11.6 Å². The maximum atomic E-state index is 6.43. The van der Waals surface area contributed by atoms with E-state index in [1.807, 2.05) is 19.2 Å². The van der Waals surface area contributed by atoms with E-state index in [1.165, 1.54) is 24.8 Å². The first-order valence-corrected chi connectivity index (χ1v) is 7.89. The van der Waals surface area contributed by atoms with Crippen LogP contribution in [0, 0.1) is 11.8 Å². The number of rotatable bonds is 3. The molecule has 1 saturated carbocycles. The molecule has 0 saturated heterocycles. The first-order valence-electron chi connectivity index (χ1n) is 6.72. The normalized spacial score (nSPS) is 28.3. The number of halogens is 2. The first kappa shape index (κ1) is 14.4. The van der Waals surface area contributed by atoms with Crippen molar-refractivity contribution in [3.63, 3.8) is 0 Å². The second-order valence-electron chi connectivity index (χ2n) is 5.48. The summed E-state index contributed by atoms with van der Waals surface area (Å²) in [5.41, 5.74) is 1.31. The van der Waals surface area contributed by atoms with Gasteiger partial charge in [0.1, 0.15) is 0 Å². The molecule has 1 aliphatic carbocycles. The molecule has 0 spiro atoms. The zero-order chi connectivity index (χ0) is 13.1. The van der Waals surface area contributed by atoms with E-state index in [2.05, 4.69) is 34.2 Å². The van der Waals surface area contributed by atoms with Gasteiger partial charge in [-0.05, 0) is 61.9 Å². The minimum Gasteiger partial charge on any atom is -0.319 e. The molecule has 0 bridgehead atoms. The van der Waals surface area contributed by atoms with Crippen molar-refractivity contribution in [2.45, 2.75) is 32.1 Å². The Kier molecular flexibility index (Phi) is 5.11. The van der Waals surface area contributed by atoms with Gasteiger partial charge in [0.05, 0.1) is 0 Å². The fraction of sp³-hybridized carbons (Fsp3) is 0.600. The van der Waals surface area contributed by atoms with Gasteiger partial charge in [-0.2, -0.15) is 0 Å². The van der Waals surface area contributed by atoms with Crippen molar-refractivity contribution in [3.8, 4) is 0 Å². The lowest BCUT2D eigenvalue weighted by Gasteiger charge is -2.36. The van der Waals surface area contributed by atoms with Crippen molar-refractivity contribution in [2.75, 3.05) is 13.6 Å². The van der Waals surface area contributed by atoms with Gasteiger partial charge < -0.3 is 5.32 Å². The number of hydrogen-bond acceptors (Lipinski definition) is 1. The van der Waals surface area contributed by atoms with Gasteiger partial charge in [0, 0.05) is 9.50 Å². The summed E-state index contributed by atoms with van der Waals surface area (Å²) in [5.74, 6) is 2.07. The lowest BCUT2D eigenvalue weighted by molar-refractivity contribution is 0.244. The Morgan fingerprint density at radius 2 is 2.17 bits per heavy atom. The largest absolute Gasteiger partial charge is 0.319 e. The molecule has 18 heavy (non-hydrogen) atoms. The van der Waals surface area contributed by atoms with Crippen LogP contribution in [-0.2, 0) is 0 Å². The SMILES string of the molecule is CNCC1CCC(C)CC1c1c(Cl)cccc1Br. The highest BCUT2D eigenvalue weighted by molar-refractivity contribution is 9.10. The maximum Gasteiger partial charge on any atom is 0.0452 e. The topological polar surface area (TPSA) is 12.0 Å². The van der Waals surface area contributed by atoms with Crippen LogP contribution in [0.25, 0.3) is 0 Å². The molecule has 1 aromatic carbocycles. The second kappa shape index (κ2) is 6.40. The molecule has 2 rings (SSSR count). The minimum absolute atomic E-state index is 0.573. The van der Waals surface area contributed by atoms with E-state index < -0.39 is 0 Å². The van der Waals surface area contributed by atoms with Crippen molar-refractivity contribution in [1.82, 2.24) is 5.32 Å². The summed E-state index contributed by atoms with van der Waals surface area (Å²) in [6, 6.07) is 6.13. The van der Waals surface area contributed by atoms with Gasteiger partial charge in [-0.3, -0.25) is 0 Å². The molecule has 100 valence electrons. The average Bonchev–Trinajstić information content (AvgIpc) is 2.32. The third kappa shape index (κ3) is 3.09. The predicted molar refractivity (Wildman–Crippen MR) is 82.3 cm³/mol. The minimum atomic E-state index is 0.573. The Hall–Kier alpha value is -0.0500. The molecule has 1 aliphatic rings. The molecule has 1 fully saturated rings. The molecule has 0 amide bonds. The fourth-order valence-electron chi connectivity index (χ4n) is 3.17. The summed E-state index contributed by atoms with van der Waals surface area (Å²) < 4.78 is 1.16. The van der Waals surface area contributed by atoms with E-state index in [0.29, 0.717) is 11.8 Å². The van der Waals surface area contributed by atoms with Crippen LogP contribution >= 0.6 is 27.5 Å². The number of hydrogen-bond donors (Lipinski definition) is 1. The van der Waals surface area contributed by atoms with Crippen LogP contribution in [0.2, 0.25) is 5.02 Å². The molecule has 3 unspecified atom stereocenters. The van der Waals surface area contributed by atoms with Gasteiger partial charge in [-0.1, -0.05) is 46.9 Å². The van der Waals surface area contributed by atoms with Crippen LogP contribution in [0.1, 0.15) is 37.7 Å². The van der Waals surface area contributed by atoms with Crippen LogP contribution in [-0.4, -0.2) is 13.6 Å². The Morgan fingerprint density at radius 1 is 1.39 bits per heavy atom. The summed E-state index contributed by atoms with van der Waals surface area (Å²) in [6.45, 7) is 3.43. The van der Waals surface area contributed by atoms with Crippen LogP contribution < -0.4 is 5.32 Å². The Morgan fingerprint density at radius 3 is 2.83 bits per heavy atom. The standard InChI is InChI=1S/C15H21BrClN/c1-10-6-7-11(9-18-2)12(8-10)15-13(16)4-3-5-14(15)17/h3-5,10-12,18H,6-9H2,1-2H3. The van der Waals surface area contributed by atoms with Gasteiger partial charge in [-0.25, -0.2) is 0 Å². The smallest absolute Gasteiger partial charge is 0.0452 e. The molecule has 3 heteroatoms. The monoisotopic (exact) mass is 329 g/mol. The van der Waals surface area contributed by atoms with E-state index in [9.17, 15) is 0 Å². The fourth-order valence-corrected chi connectivity index (χ4v) is 4.26. The molecule has 0 heterocycles. The van der Waals surface area contributed by atoms with Crippen LogP contribution in [0.4, 0.5) is 0 Å². The molecule has 1 N–H and O–H groups in total.